The fourth-order valence-electron chi connectivity index (χ4n) is 5.25. The number of fused-ring (bicyclic) bond motifs is 1. The third-order valence-electron chi connectivity index (χ3n) is 7.76. The summed E-state index contributed by atoms with van der Waals surface area (Å²) < 4.78 is 12.1. The minimum atomic E-state index is -0.121. The van der Waals surface area contributed by atoms with E-state index < -0.39 is 0 Å². The number of hydrogen-bond acceptors (Lipinski definition) is 5. The second kappa shape index (κ2) is 11.1. The van der Waals surface area contributed by atoms with Gasteiger partial charge in [-0.3, -0.25) is 14.5 Å². The van der Waals surface area contributed by atoms with Crippen LogP contribution in [0.5, 0.6) is 5.75 Å². The van der Waals surface area contributed by atoms with E-state index in [4.69, 9.17) is 9.47 Å². The van der Waals surface area contributed by atoms with Crippen LogP contribution in [0.1, 0.15) is 62.7 Å². The van der Waals surface area contributed by atoms with Crippen molar-refractivity contribution in [3.05, 3.63) is 23.8 Å². The molecule has 3 aliphatic rings. The SMILES string of the molecule is CO[C@H]1CN(C)C(=O)c2cc(NC(=O)C3CCCC3)ccc2OC[C@H](C)N(CC2CC2)C[C@H]1C. The molecule has 188 valence electrons. The highest BCUT2D eigenvalue weighted by atomic mass is 16.5. The van der Waals surface area contributed by atoms with Gasteiger partial charge in [0.2, 0.25) is 5.91 Å². The third-order valence-corrected chi connectivity index (χ3v) is 7.76. The fraction of sp³-hybridized carbons (Fsp3) is 0.704. The van der Waals surface area contributed by atoms with Crippen molar-refractivity contribution in [2.24, 2.45) is 17.8 Å². The summed E-state index contributed by atoms with van der Waals surface area (Å²) >= 11 is 0. The first-order chi connectivity index (χ1) is 16.4. The molecule has 7 nitrogen and oxygen atoms in total. The molecule has 2 amide bonds. The Hall–Kier alpha value is -2.12. The van der Waals surface area contributed by atoms with Gasteiger partial charge in [0.15, 0.2) is 0 Å². The highest BCUT2D eigenvalue weighted by Gasteiger charge is 2.32. The van der Waals surface area contributed by atoms with Crippen LogP contribution in [-0.4, -0.2) is 74.2 Å². The summed E-state index contributed by atoms with van der Waals surface area (Å²) in [7, 11) is 3.54. The minimum Gasteiger partial charge on any atom is -0.491 e. The maximum absolute atomic E-state index is 13.5. The zero-order valence-corrected chi connectivity index (χ0v) is 21.2. The van der Waals surface area contributed by atoms with Crippen LogP contribution in [-0.2, 0) is 9.53 Å². The Balaban J connectivity index is 1.58. The van der Waals surface area contributed by atoms with Crippen molar-refractivity contribution < 1.29 is 19.1 Å². The van der Waals surface area contributed by atoms with E-state index in [-0.39, 0.29) is 35.8 Å². The normalized spacial score (nSPS) is 27.5. The number of carbonyl (C=O) groups is 2. The largest absolute Gasteiger partial charge is 0.491 e. The van der Waals surface area contributed by atoms with Crippen molar-refractivity contribution in [2.45, 2.75) is 64.5 Å². The quantitative estimate of drug-likeness (QED) is 0.702. The van der Waals surface area contributed by atoms with Crippen LogP contribution < -0.4 is 10.1 Å². The molecule has 1 N–H and O–H groups in total. The van der Waals surface area contributed by atoms with E-state index in [1.165, 1.54) is 12.8 Å². The Morgan fingerprint density at radius 1 is 1.15 bits per heavy atom. The van der Waals surface area contributed by atoms with Crippen LogP contribution in [0.25, 0.3) is 0 Å². The predicted molar refractivity (Wildman–Crippen MR) is 133 cm³/mol. The number of rotatable bonds is 5. The molecule has 0 unspecified atom stereocenters. The number of likely N-dealkylation sites (N-methyl/N-ethyl adjacent to an activating group) is 1. The maximum Gasteiger partial charge on any atom is 0.257 e. The Morgan fingerprint density at radius 3 is 2.56 bits per heavy atom. The van der Waals surface area contributed by atoms with E-state index in [1.807, 2.05) is 19.2 Å². The Bertz CT molecular complexity index is 865. The molecule has 2 saturated carbocycles. The Kier molecular flexibility index (Phi) is 8.14. The first-order valence-corrected chi connectivity index (χ1v) is 13.0. The number of benzene rings is 1. The van der Waals surface area contributed by atoms with E-state index in [1.54, 1.807) is 18.1 Å². The van der Waals surface area contributed by atoms with Crippen LogP contribution in [0, 0.1) is 17.8 Å². The number of hydrogen-bond donors (Lipinski definition) is 1. The second-order valence-electron chi connectivity index (χ2n) is 10.7. The van der Waals surface area contributed by atoms with Gasteiger partial charge in [-0.1, -0.05) is 19.8 Å². The van der Waals surface area contributed by atoms with Gasteiger partial charge in [0.1, 0.15) is 12.4 Å². The van der Waals surface area contributed by atoms with E-state index in [0.717, 1.165) is 44.7 Å². The van der Waals surface area contributed by atoms with Crippen molar-refractivity contribution in [3.8, 4) is 5.75 Å². The lowest BCUT2D eigenvalue weighted by Crippen LogP contribution is -2.47. The lowest BCUT2D eigenvalue weighted by Gasteiger charge is -2.36. The predicted octanol–water partition coefficient (Wildman–Crippen LogP) is 4.03. The number of ether oxygens (including phenoxy) is 2. The van der Waals surface area contributed by atoms with Gasteiger partial charge in [-0.05, 0) is 62.6 Å². The van der Waals surface area contributed by atoms with Crippen molar-refractivity contribution in [2.75, 3.05) is 45.7 Å². The molecule has 1 aromatic rings. The molecule has 2 aliphatic carbocycles. The summed E-state index contributed by atoms with van der Waals surface area (Å²) in [5, 5.41) is 3.03. The first kappa shape index (κ1) is 25.0. The molecule has 4 rings (SSSR count). The molecular weight excluding hydrogens is 430 g/mol. The van der Waals surface area contributed by atoms with Gasteiger partial charge in [0.05, 0.1) is 11.7 Å². The van der Waals surface area contributed by atoms with Crippen LogP contribution >= 0.6 is 0 Å². The van der Waals surface area contributed by atoms with Crippen molar-refractivity contribution in [3.63, 3.8) is 0 Å². The average molecular weight is 472 g/mol. The van der Waals surface area contributed by atoms with E-state index in [0.29, 0.717) is 30.2 Å². The molecule has 1 aliphatic heterocycles. The zero-order chi connectivity index (χ0) is 24.2. The van der Waals surface area contributed by atoms with Gasteiger partial charge >= 0.3 is 0 Å². The second-order valence-corrected chi connectivity index (χ2v) is 10.7. The summed E-state index contributed by atoms with van der Waals surface area (Å²) in [6.07, 6.45) is 6.64. The van der Waals surface area contributed by atoms with Crippen LogP contribution in [0.3, 0.4) is 0 Å². The summed E-state index contributed by atoms with van der Waals surface area (Å²) in [6, 6.07) is 5.66. The Labute approximate surface area is 204 Å². The molecule has 0 bridgehead atoms. The fourth-order valence-corrected chi connectivity index (χ4v) is 5.25. The van der Waals surface area contributed by atoms with Gasteiger partial charge in [0, 0.05) is 51.4 Å². The summed E-state index contributed by atoms with van der Waals surface area (Å²) in [5.74, 6) is 1.62. The van der Waals surface area contributed by atoms with E-state index in [9.17, 15) is 9.59 Å². The molecule has 2 fully saturated rings. The van der Waals surface area contributed by atoms with Crippen LogP contribution in [0.4, 0.5) is 5.69 Å². The van der Waals surface area contributed by atoms with Crippen molar-refractivity contribution in [1.82, 2.24) is 9.80 Å². The van der Waals surface area contributed by atoms with Crippen LogP contribution in [0.15, 0.2) is 18.2 Å². The highest BCUT2D eigenvalue weighted by Crippen LogP contribution is 2.32. The van der Waals surface area contributed by atoms with E-state index >= 15 is 0 Å². The minimum absolute atomic E-state index is 0.0462. The van der Waals surface area contributed by atoms with Gasteiger partial charge < -0.3 is 19.7 Å². The number of methoxy groups -OCH3 is 1. The highest BCUT2D eigenvalue weighted by molar-refractivity contribution is 5.99. The lowest BCUT2D eigenvalue weighted by atomic mass is 10.0. The third kappa shape index (κ3) is 6.11. The zero-order valence-electron chi connectivity index (χ0n) is 21.2. The summed E-state index contributed by atoms with van der Waals surface area (Å²) in [6.45, 7) is 7.41. The first-order valence-electron chi connectivity index (χ1n) is 13.0. The lowest BCUT2D eigenvalue weighted by molar-refractivity contribution is -0.119. The van der Waals surface area contributed by atoms with Gasteiger partial charge in [0.25, 0.3) is 5.91 Å². The van der Waals surface area contributed by atoms with Gasteiger partial charge in [-0.2, -0.15) is 0 Å². The van der Waals surface area contributed by atoms with Crippen LogP contribution in [0.2, 0.25) is 0 Å². The molecule has 0 saturated heterocycles. The topological polar surface area (TPSA) is 71.1 Å². The van der Waals surface area contributed by atoms with Gasteiger partial charge in [-0.15, -0.1) is 0 Å². The molecular formula is C27H41N3O4. The molecule has 1 heterocycles. The molecule has 0 aromatic heterocycles. The number of nitrogens with zero attached hydrogens (tertiary/aromatic N) is 2. The molecule has 3 atom stereocenters. The molecule has 1 aromatic carbocycles. The van der Waals surface area contributed by atoms with Gasteiger partial charge in [-0.25, -0.2) is 0 Å². The van der Waals surface area contributed by atoms with Crippen molar-refractivity contribution in [1.29, 1.82) is 0 Å². The average Bonchev–Trinajstić information content (AvgIpc) is 3.47. The Morgan fingerprint density at radius 2 is 1.88 bits per heavy atom. The molecule has 7 heteroatoms. The van der Waals surface area contributed by atoms with E-state index in [2.05, 4.69) is 24.1 Å². The molecule has 0 spiro atoms. The number of amides is 2. The molecule has 34 heavy (non-hydrogen) atoms. The smallest absolute Gasteiger partial charge is 0.257 e. The number of carbonyl (C=O) groups excluding carboxylic acids is 2. The van der Waals surface area contributed by atoms with Crippen molar-refractivity contribution >= 4 is 17.5 Å². The standard InChI is InChI=1S/C27H41N3O4/c1-18-14-30(15-20-9-10-20)19(2)17-34-24-12-11-22(28-26(31)21-7-5-6-8-21)13-23(24)27(32)29(3)16-25(18)33-4/h11-13,18-21,25H,5-10,14-17H2,1-4H3,(H,28,31)/t18-,19+,25+/m1/s1. The summed E-state index contributed by atoms with van der Waals surface area (Å²) in [5.41, 5.74) is 1.13. The maximum atomic E-state index is 13.5. The summed E-state index contributed by atoms with van der Waals surface area (Å²) in [4.78, 5) is 30.4. The monoisotopic (exact) mass is 471 g/mol. The number of anilines is 1. The molecule has 0 radical (unpaired) electrons. The number of nitrogens with one attached hydrogen (secondary N) is 1.